The van der Waals surface area contributed by atoms with Gasteiger partial charge >= 0.3 is 6.09 Å². The lowest BCUT2D eigenvalue weighted by Gasteiger charge is -2.28. The molecule has 166 valence electrons. The normalized spacial score (nSPS) is 15.4. The fourth-order valence-electron chi connectivity index (χ4n) is 3.21. The van der Waals surface area contributed by atoms with Crippen molar-refractivity contribution in [1.82, 2.24) is 4.90 Å². The van der Waals surface area contributed by atoms with Gasteiger partial charge in [0.15, 0.2) is 6.10 Å². The van der Waals surface area contributed by atoms with Gasteiger partial charge in [-0.1, -0.05) is 18.2 Å². The Morgan fingerprint density at radius 2 is 1.68 bits per heavy atom. The molecule has 0 saturated carbocycles. The Kier molecular flexibility index (Phi) is 6.43. The number of amides is 2. The van der Waals surface area contributed by atoms with Gasteiger partial charge in [-0.05, 0) is 63.1 Å². The molecule has 0 aromatic heterocycles. The van der Waals surface area contributed by atoms with E-state index in [1.165, 1.54) is 0 Å². The standard InChI is InChI=1S/C24H31N3O4/c1-16-22(28)25-20-13-18(9-12-21(20)30-16)15-27(23(29)31-24(2,3)4)14-17-7-10-19(11-8-17)26(5)6/h7-13,16H,14-15H2,1-6H3,(H,25,28). The molecule has 0 bridgehead atoms. The zero-order valence-corrected chi connectivity index (χ0v) is 19.1. The van der Waals surface area contributed by atoms with Crippen molar-refractivity contribution < 1.29 is 19.1 Å². The summed E-state index contributed by atoms with van der Waals surface area (Å²) in [4.78, 5) is 28.6. The van der Waals surface area contributed by atoms with Crippen LogP contribution in [0.4, 0.5) is 16.2 Å². The fourth-order valence-corrected chi connectivity index (χ4v) is 3.21. The summed E-state index contributed by atoms with van der Waals surface area (Å²) in [5.41, 5.74) is 2.97. The predicted octanol–water partition coefficient (Wildman–Crippen LogP) is 4.41. The summed E-state index contributed by atoms with van der Waals surface area (Å²) in [6.45, 7) is 7.99. The van der Waals surface area contributed by atoms with Crippen molar-refractivity contribution in [2.45, 2.75) is 52.5 Å². The second-order valence-corrected chi connectivity index (χ2v) is 8.98. The van der Waals surface area contributed by atoms with E-state index in [1.807, 2.05) is 82.2 Å². The summed E-state index contributed by atoms with van der Waals surface area (Å²) in [7, 11) is 3.97. The summed E-state index contributed by atoms with van der Waals surface area (Å²) in [6, 6.07) is 13.6. The SMILES string of the molecule is CC1Oc2ccc(CN(Cc3ccc(N(C)C)cc3)C(=O)OC(C)(C)C)cc2NC1=O. The molecule has 31 heavy (non-hydrogen) atoms. The van der Waals surface area contributed by atoms with Gasteiger partial charge in [0.2, 0.25) is 0 Å². The maximum atomic E-state index is 12.9. The molecule has 7 nitrogen and oxygen atoms in total. The molecule has 1 unspecified atom stereocenters. The third-order valence-corrected chi connectivity index (χ3v) is 4.83. The molecular weight excluding hydrogens is 394 g/mol. The Morgan fingerprint density at radius 1 is 1.06 bits per heavy atom. The van der Waals surface area contributed by atoms with E-state index < -0.39 is 17.8 Å². The minimum absolute atomic E-state index is 0.186. The lowest BCUT2D eigenvalue weighted by Crippen LogP contribution is -2.36. The molecule has 7 heteroatoms. The van der Waals surface area contributed by atoms with Crippen molar-refractivity contribution in [1.29, 1.82) is 0 Å². The number of carbonyl (C=O) groups is 2. The van der Waals surface area contributed by atoms with Crippen LogP contribution in [0.25, 0.3) is 0 Å². The molecule has 0 aliphatic carbocycles. The van der Waals surface area contributed by atoms with E-state index in [9.17, 15) is 9.59 Å². The topological polar surface area (TPSA) is 71.1 Å². The van der Waals surface area contributed by atoms with Crippen LogP contribution < -0.4 is 15.0 Å². The van der Waals surface area contributed by atoms with Crippen molar-refractivity contribution in [2.75, 3.05) is 24.3 Å². The molecule has 1 aliphatic rings. The molecule has 1 N–H and O–H groups in total. The molecular formula is C24H31N3O4. The Hall–Kier alpha value is -3.22. The van der Waals surface area contributed by atoms with E-state index in [-0.39, 0.29) is 5.91 Å². The van der Waals surface area contributed by atoms with Crippen molar-refractivity contribution >= 4 is 23.4 Å². The number of carbonyl (C=O) groups excluding carboxylic acids is 2. The van der Waals surface area contributed by atoms with Gasteiger partial charge in [-0.25, -0.2) is 4.79 Å². The van der Waals surface area contributed by atoms with Crippen LogP contribution in [0.1, 0.15) is 38.8 Å². The second kappa shape index (κ2) is 8.88. The van der Waals surface area contributed by atoms with E-state index in [2.05, 4.69) is 5.32 Å². The van der Waals surface area contributed by atoms with Gasteiger partial charge in [-0.15, -0.1) is 0 Å². The Balaban J connectivity index is 1.82. The van der Waals surface area contributed by atoms with Crippen LogP contribution in [-0.2, 0) is 22.6 Å². The van der Waals surface area contributed by atoms with Crippen molar-refractivity contribution in [2.24, 2.45) is 0 Å². The first-order valence-electron chi connectivity index (χ1n) is 10.4. The van der Waals surface area contributed by atoms with Gasteiger partial charge in [-0.3, -0.25) is 9.69 Å². The van der Waals surface area contributed by atoms with Gasteiger partial charge in [0.05, 0.1) is 5.69 Å². The minimum Gasteiger partial charge on any atom is -0.479 e. The van der Waals surface area contributed by atoms with Gasteiger partial charge in [0, 0.05) is 32.9 Å². The second-order valence-electron chi connectivity index (χ2n) is 8.98. The molecule has 0 radical (unpaired) electrons. The number of hydrogen-bond acceptors (Lipinski definition) is 5. The van der Waals surface area contributed by atoms with E-state index in [0.29, 0.717) is 24.5 Å². The number of nitrogens with zero attached hydrogens (tertiary/aromatic N) is 2. The van der Waals surface area contributed by atoms with E-state index in [0.717, 1.165) is 16.8 Å². The minimum atomic E-state index is -0.599. The highest BCUT2D eigenvalue weighted by Gasteiger charge is 2.26. The number of ether oxygens (including phenoxy) is 2. The van der Waals surface area contributed by atoms with Crippen molar-refractivity contribution in [3.8, 4) is 5.75 Å². The summed E-state index contributed by atoms with van der Waals surface area (Å²) in [6.07, 6.45) is -0.919. The molecule has 0 spiro atoms. The van der Waals surface area contributed by atoms with Gasteiger partial charge in [-0.2, -0.15) is 0 Å². The molecule has 1 aliphatic heterocycles. The summed E-state index contributed by atoms with van der Waals surface area (Å²) >= 11 is 0. The van der Waals surface area contributed by atoms with Gasteiger partial charge in [0.25, 0.3) is 5.91 Å². The van der Waals surface area contributed by atoms with E-state index in [4.69, 9.17) is 9.47 Å². The maximum absolute atomic E-state index is 12.9. The predicted molar refractivity (Wildman–Crippen MR) is 121 cm³/mol. The number of anilines is 2. The molecule has 0 saturated heterocycles. The quantitative estimate of drug-likeness (QED) is 0.768. The van der Waals surface area contributed by atoms with Crippen molar-refractivity contribution in [3.05, 3.63) is 53.6 Å². The number of hydrogen-bond donors (Lipinski definition) is 1. The maximum Gasteiger partial charge on any atom is 0.410 e. The van der Waals surface area contributed by atoms with E-state index in [1.54, 1.807) is 11.8 Å². The molecule has 0 fully saturated rings. The number of benzene rings is 2. The highest BCUT2D eigenvalue weighted by atomic mass is 16.6. The third-order valence-electron chi connectivity index (χ3n) is 4.83. The highest BCUT2D eigenvalue weighted by Crippen LogP contribution is 2.31. The summed E-state index contributed by atoms with van der Waals surface area (Å²) in [5.74, 6) is 0.438. The first-order chi connectivity index (χ1) is 14.5. The number of rotatable bonds is 5. The van der Waals surface area contributed by atoms with Crippen LogP contribution >= 0.6 is 0 Å². The van der Waals surface area contributed by atoms with Crippen LogP contribution in [0.2, 0.25) is 0 Å². The van der Waals surface area contributed by atoms with Gasteiger partial charge in [0.1, 0.15) is 11.4 Å². The third kappa shape index (κ3) is 5.90. The Morgan fingerprint density at radius 3 is 2.29 bits per heavy atom. The lowest BCUT2D eigenvalue weighted by atomic mass is 10.1. The molecule has 1 atom stereocenters. The van der Waals surface area contributed by atoms with Crippen LogP contribution in [0.3, 0.4) is 0 Å². The molecule has 2 aromatic rings. The molecule has 2 aromatic carbocycles. The average molecular weight is 426 g/mol. The van der Waals surface area contributed by atoms with Crippen LogP contribution in [0, 0.1) is 0 Å². The zero-order valence-electron chi connectivity index (χ0n) is 19.1. The fraction of sp³-hybridized carbons (Fsp3) is 0.417. The lowest BCUT2D eigenvalue weighted by molar-refractivity contribution is -0.122. The van der Waals surface area contributed by atoms with Gasteiger partial charge < -0.3 is 19.7 Å². The largest absolute Gasteiger partial charge is 0.479 e. The number of fused-ring (bicyclic) bond motifs is 1. The first kappa shape index (κ1) is 22.5. The average Bonchev–Trinajstić information content (AvgIpc) is 2.67. The summed E-state index contributed by atoms with van der Waals surface area (Å²) in [5, 5.41) is 2.85. The van der Waals surface area contributed by atoms with Crippen LogP contribution in [-0.4, -0.2) is 42.7 Å². The molecule has 3 rings (SSSR count). The summed E-state index contributed by atoms with van der Waals surface area (Å²) < 4.78 is 11.3. The zero-order chi connectivity index (χ0) is 22.8. The van der Waals surface area contributed by atoms with Crippen LogP contribution in [0.5, 0.6) is 5.75 Å². The Bertz CT molecular complexity index is 948. The highest BCUT2D eigenvalue weighted by molar-refractivity contribution is 5.97. The number of nitrogens with one attached hydrogen (secondary N) is 1. The molecule has 2 amide bonds. The smallest absolute Gasteiger partial charge is 0.410 e. The van der Waals surface area contributed by atoms with Crippen molar-refractivity contribution in [3.63, 3.8) is 0 Å². The first-order valence-corrected chi connectivity index (χ1v) is 10.4. The Labute approximate surface area is 183 Å². The van der Waals surface area contributed by atoms with Crippen LogP contribution in [0.15, 0.2) is 42.5 Å². The van der Waals surface area contributed by atoms with E-state index >= 15 is 0 Å². The monoisotopic (exact) mass is 425 g/mol. The molecule has 1 heterocycles.